The number of hydrogen-bond donors (Lipinski definition) is 1. The lowest BCUT2D eigenvalue weighted by atomic mass is 10.1. The van der Waals surface area contributed by atoms with Gasteiger partial charge in [-0.05, 0) is 42.8 Å². The molecule has 0 aliphatic rings. The summed E-state index contributed by atoms with van der Waals surface area (Å²) < 4.78 is 32.2. The molecule has 0 amide bonds. The zero-order valence-electron chi connectivity index (χ0n) is 10.9. The van der Waals surface area contributed by atoms with Crippen LogP contribution in [0.3, 0.4) is 0 Å². The summed E-state index contributed by atoms with van der Waals surface area (Å²) in [6, 6.07) is 8.21. The number of hydrogen-bond acceptors (Lipinski definition) is 2. The molecule has 0 aliphatic carbocycles. The molecule has 0 saturated carbocycles. The molecule has 0 saturated heterocycles. The van der Waals surface area contributed by atoms with Crippen molar-refractivity contribution < 1.29 is 13.5 Å². The van der Waals surface area contributed by atoms with Crippen LogP contribution in [-0.4, -0.2) is 0 Å². The van der Waals surface area contributed by atoms with E-state index < -0.39 is 11.6 Å². The van der Waals surface area contributed by atoms with Gasteiger partial charge in [-0.2, -0.15) is 0 Å². The molecule has 2 rings (SSSR count). The summed E-state index contributed by atoms with van der Waals surface area (Å²) in [5.74, 6) is -0.845. The standard InChI is InChI=1S/C15H14ClF2NO/c1-9(19)10-2-5-15(14(18)7-10)20-8-11-6-12(17)3-4-13(11)16/h2-7,9H,8,19H2,1H3/t9-/m1/s1. The van der Waals surface area contributed by atoms with Gasteiger partial charge >= 0.3 is 0 Å². The molecule has 0 spiro atoms. The van der Waals surface area contributed by atoms with Crippen molar-refractivity contribution in [2.45, 2.75) is 19.6 Å². The second-order valence-electron chi connectivity index (χ2n) is 4.50. The monoisotopic (exact) mass is 297 g/mol. The van der Waals surface area contributed by atoms with E-state index in [4.69, 9.17) is 22.1 Å². The molecule has 0 heterocycles. The van der Waals surface area contributed by atoms with Gasteiger partial charge in [-0.15, -0.1) is 0 Å². The van der Waals surface area contributed by atoms with E-state index in [0.717, 1.165) is 0 Å². The maximum Gasteiger partial charge on any atom is 0.165 e. The zero-order valence-corrected chi connectivity index (χ0v) is 11.6. The smallest absolute Gasteiger partial charge is 0.165 e. The molecule has 0 aromatic heterocycles. The minimum atomic E-state index is -0.507. The van der Waals surface area contributed by atoms with Crippen molar-refractivity contribution in [1.82, 2.24) is 0 Å². The molecule has 0 fully saturated rings. The molecule has 1 atom stereocenters. The summed E-state index contributed by atoms with van der Waals surface area (Å²) in [7, 11) is 0. The predicted molar refractivity (Wildman–Crippen MR) is 74.7 cm³/mol. The Morgan fingerprint density at radius 1 is 1.20 bits per heavy atom. The van der Waals surface area contributed by atoms with Crippen molar-refractivity contribution in [3.05, 3.63) is 64.2 Å². The number of ether oxygens (including phenoxy) is 1. The first-order chi connectivity index (χ1) is 9.47. The minimum absolute atomic E-state index is 0.00889. The molecule has 2 aromatic rings. The van der Waals surface area contributed by atoms with Crippen LogP contribution in [0.5, 0.6) is 5.75 Å². The Morgan fingerprint density at radius 3 is 2.60 bits per heavy atom. The van der Waals surface area contributed by atoms with E-state index >= 15 is 0 Å². The first-order valence-electron chi connectivity index (χ1n) is 6.09. The summed E-state index contributed by atoms with van der Waals surface area (Å²) in [6.45, 7) is 1.76. The van der Waals surface area contributed by atoms with Gasteiger partial charge in [0, 0.05) is 16.6 Å². The van der Waals surface area contributed by atoms with Crippen LogP contribution in [-0.2, 0) is 6.61 Å². The van der Waals surface area contributed by atoms with Gasteiger partial charge in [0.15, 0.2) is 11.6 Å². The van der Waals surface area contributed by atoms with Crippen molar-refractivity contribution in [2.75, 3.05) is 0 Å². The minimum Gasteiger partial charge on any atom is -0.486 e. The molecule has 0 radical (unpaired) electrons. The van der Waals surface area contributed by atoms with Gasteiger partial charge in [0.05, 0.1) is 0 Å². The third kappa shape index (κ3) is 3.46. The Labute approximate surface area is 121 Å². The molecule has 2 nitrogen and oxygen atoms in total. The van der Waals surface area contributed by atoms with Crippen molar-refractivity contribution in [2.24, 2.45) is 5.73 Å². The Balaban J connectivity index is 2.13. The average Bonchev–Trinajstić information content (AvgIpc) is 2.40. The molecular weight excluding hydrogens is 284 g/mol. The lowest BCUT2D eigenvalue weighted by molar-refractivity contribution is 0.289. The summed E-state index contributed by atoms with van der Waals surface area (Å²) in [5.41, 5.74) is 6.81. The summed E-state index contributed by atoms with van der Waals surface area (Å²) in [6.07, 6.45) is 0. The number of benzene rings is 2. The number of rotatable bonds is 4. The van der Waals surface area contributed by atoms with Crippen molar-refractivity contribution >= 4 is 11.6 Å². The van der Waals surface area contributed by atoms with Gasteiger partial charge in [0.1, 0.15) is 12.4 Å². The molecular formula is C15H14ClF2NO. The van der Waals surface area contributed by atoms with E-state index in [2.05, 4.69) is 0 Å². The van der Waals surface area contributed by atoms with Crippen LogP contribution < -0.4 is 10.5 Å². The summed E-state index contributed by atoms with van der Waals surface area (Å²) >= 11 is 5.91. The Bertz CT molecular complexity index is 617. The molecule has 5 heteroatoms. The first kappa shape index (κ1) is 14.8. The quantitative estimate of drug-likeness (QED) is 0.917. The maximum atomic E-state index is 13.8. The molecule has 0 unspecified atom stereocenters. The normalized spacial score (nSPS) is 12.2. The van der Waals surface area contributed by atoms with E-state index in [1.807, 2.05) is 0 Å². The number of nitrogens with two attached hydrogens (primary N) is 1. The summed E-state index contributed by atoms with van der Waals surface area (Å²) in [5, 5.41) is 0.374. The zero-order chi connectivity index (χ0) is 14.7. The summed E-state index contributed by atoms with van der Waals surface area (Å²) in [4.78, 5) is 0. The molecule has 2 aromatic carbocycles. The fourth-order valence-electron chi connectivity index (χ4n) is 1.73. The first-order valence-corrected chi connectivity index (χ1v) is 6.47. The van der Waals surface area contributed by atoms with Gasteiger partial charge in [-0.1, -0.05) is 17.7 Å². The lowest BCUT2D eigenvalue weighted by Gasteiger charge is -2.11. The van der Waals surface area contributed by atoms with Gasteiger partial charge in [-0.3, -0.25) is 0 Å². The largest absolute Gasteiger partial charge is 0.486 e. The Kier molecular flexibility index (Phi) is 4.57. The molecule has 0 aliphatic heterocycles. The van der Waals surface area contributed by atoms with E-state index in [1.165, 1.54) is 30.3 Å². The third-order valence-corrected chi connectivity index (χ3v) is 3.24. The molecule has 106 valence electrons. The fourth-order valence-corrected chi connectivity index (χ4v) is 1.90. The van der Waals surface area contributed by atoms with Gasteiger partial charge in [-0.25, -0.2) is 8.78 Å². The molecule has 0 bridgehead atoms. The average molecular weight is 298 g/mol. The fraction of sp³-hybridized carbons (Fsp3) is 0.200. The van der Waals surface area contributed by atoms with Crippen LogP contribution in [0.15, 0.2) is 36.4 Å². The topological polar surface area (TPSA) is 35.2 Å². The highest BCUT2D eigenvalue weighted by Crippen LogP contribution is 2.24. The SMILES string of the molecule is C[C@@H](N)c1ccc(OCc2cc(F)ccc2Cl)c(F)c1. The highest BCUT2D eigenvalue weighted by molar-refractivity contribution is 6.31. The van der Waals surface area contributed by atoms with E-state index in [0.29, 0.717) is 16.1 Å². The van der Waals surface area contributed by atoms with Crippen molar-refractivity contribution in [3.8, 4) is 5.75 Å². The van der Waals surface area contributed by atoms with Crippen LogP contribution in [0.2, 0.25) is 5.02 Å². The maximum absolute atomic E-state index is 13.8. The number of halogens is 3. The van der Waals surface area contributed by atoms with Crippen molar-refractivity contribution in [1.29, 1.82) is 0 Å². The van der Waals surface area contributed by atoms with E-state index in [-0.39, 0.29) is 18.4 Å². The highest BCUT2D eigenvalue weighted by atomic mass is 35.5. The Hall–Kier alpha value is -1.65. The van der Waals surface area contributed by atoms with E-state index in [9.17, 15) is 8.78 Å². The Morgan fingerprint density at radius 2 is 1.95 bits per heavy atom. The van der Waals surface area contributed by atoms with Gasteiger partial charge in [0.25, 0.3) is 0 Å². The highest BCUT2D eigenvalue weighted by Gasteiger charge is 2.09. The third-order valence-electron chi connectivity index (χ3n) is 2.87. The van der Waals surface area contributed by atoms with Gasteiger partial charge < -0.3 is 10.5 Å². The van der Waals surface area contributed by atoms with E-state index in [1.54, 1.807) is 13.0 Å². The van der Waals surface area contributed by atoms with Crippen LogP contribution >= 0.6 is 11.6 Å². The van der Waals surface area contributed by atoms with Crippen LogP contribution in [0.25, 0.3) is 0 Å². The van der Waals surface area contributed by atoms with Crippen LogP contribution in [0.1, 0.15) is 24.1 Å². The van der Waals surface area contributed by atoms with Crippen LogP contribution in [0.4, 0.5) is 8.78 Å². The molecule has 2 N–H and O–H groups in total. The lowest BCUT2D eigenvalue weighted by Crippen LogP contribution is -2.06. The second-order valence-corrected chi connectivity index (χ2v) is 4.91. The molecule has 20 heavy (non-hydrogen) atoms. The predicted octanol–water partition coefficient (Wildman–Crippen LogP) is 4.22. The van der Waals surface area contributed by atoms with Crippen molar-refractivity contribution in [3.63, 3.8) is 0 Å². The second kappa shape index (κ2) is 6.20. The van der Waals surface area contributed by atoms with Gasteiger partial charge in [0.2, 0.25) is 0 Å². The van der Waals surface area contributed by atoms with Crippen LogP contribution in [0, 0.1) is 11.6 Å².